The first-order valence-corrected chi connectivity index (χ1v) is 5.31. The van der Waals surface area contributed by atoms with E-state index in [1.807, 2.05) is 30.3 Å². The van der Waals surface area contributed by atoms with Gasteiger partial charge in [0.05, 0.1) is 10.2 Å². The topological polar surface area (TPSA) is 17.1 Å². The van der Waals surface area contributed by atoms with Crippen molar-refractivity contribution in [1.82, 2.24) is 0 Å². The van der Waals surface area contributed by atoms with Crippen molar-refractivity contribution in [2.45, 2.75) is 17.1 Å². The molecule has 0 unspecified atom stereocenters. The monoisotopic (exact) mass is 260 g/mol. The van der Waals surface area contributed by atoms with Crippen LogP contribution in [0.2, 0.25) is 0 Å². The maximum absolute atomic E-state index is 11.0. The highest BCUT2D eigenvalue weighted by molar-refractivity contribution is 9.10. The molecule has 0 bridgehead atoms. The highest BCUT2D eigenvalue weighted by Gasteiger charge is 2.21. The second-order valence-corrected chi connectivity index (χ2v) is 4.28. The number of alkyl halides is 2. The highest BCUT2D eigenvalue weighted by Crippen LogP contribution is 2.29. The van der Waals surface area contributed by atoms with Crippen molar-refractivity contribution in [2.75, 3.05) is 0 Å². The molecule has 13 heavy (non-hydrogen) atoms. The van der Waals surface area contributed by atoms with Gasteiger partial charge in [-0.05, 0) is 12.5 Å². The Morgan fingerprint density at radius 1 is 1.38 bits per heavy atom. The summed E-state index contributed by atoms with van der Waals surface area (Å²) in [6.07, 6.45) is 0. The van der Waals surface area contributed by atoms with Crippen LogP contribution in [0, 0.1) is 0 Å². The van der Waals surface area contributed by atoms with Crippen LogP contribution in [0.4, 0.5) is 0 Å². The maximum Gasteiger partial charge on any atom is 0.145 e. The van der Waals surface area contributed by atoms with Crippen LogP contribution in [0.15, 0.2) is 30.3 Å². The quantitative estimate of drug-likeness (QED) is 0.763. The zero-order chi connectivity index (χ0) is 9.84. The van der Waals surface area contributed by atoms with Crippen LogP contribution in [0.5, 0.6) is 0 Å². The van der Waals surface area contributed by atoms with Crippen molar-refractivity contribution in [1.29, 1.82) is 0 Å². The summed E-state index contributed by atoms with van der Waals surface area (Å²) < 4.78 is 0. The minimum Gasteiger partial charge on any atom is -0.299 e. The summed E-state index contributed by atoms with van der Waals surface area (Å²) in [6, 6.07) is 9.56. The Bertz CT molecular complexity index is 286. The third kappa shape index (κ3) is 2.82. The number of Topliss-reactive ketones (excluding diaryl/α,β-unsaturated/α-hetero) is 1. The Labute approximate surface area is 91.2 Å². The summed E-state index contributed by atoms with van der Waals surface area (Å²) in [4.78, 5) is 10.7. The second kappa shape index (κ2) is 4.77. The minimum atomic E-state index is -0.309. The first-order chi connectivity index (χ1) is 6.13. The molecule has 1 rings (SSSR count). The van der Waals surface area contributed by atoms with E-state index >= 15 is 0 Å². The van der Waals surface area contributed by atoms with Crippen molar-refractivity contribution in [2.24, 2.45) is 0 Å². The van der Waals surface area contributed by atoms with Gasteiger partial charge in [0.1, 0.15) is 5.78 Å². The average Bonchev–Trinajstić information content (AvgIpc) is 2.17. The summed E-state index contributed by atoms with van der Waals surface area (Å²) in [5, 5.41) is -0.293. The molecule has 0 heterocycles. The lowest BCUT2D eigenvalue weighted by Gasteiger charge is -2.13. The summed E-state index contributed by atoms with van der Waals surface area (Å²) in [7, 11) is 0. The van der Waals surface area contributed by atoms with Gasteiger partial charge in [0.25, 0.3) is 0 Å². The molecule has 0 radical (unpaired) electrons. The van der Waals surface area contributed by atoms with Crippen molar-refractivity contribution >= 4 is 33.3 Å². The van der Waals surface area contributed by atoms with Crippen LogP contribution >= 0.6 is 27.5 Å². The molecule has 0 aromatic heterocycles. The molecule has 0 saturated carbocycles. The van der Waals surface area contributed by atoms with Gasteiger partial charge in [-0.1, -0.05) is 46.3 Å². The van der Waals surface area contributed by atoms with Gasteiger partial charge in [-0.25, -0.2) is 0 Å². The number of benzene rings is 1. The molecule has 0 aliphatic heterocycles. The van der Waals surface area contributed by atoms with Crippen molar-refractivity contribution < 1.29 is 4.79 Å². The molecule has 0 aliphatic carbocycles. The first-order valence-electron chi connectivity index (χ1n) is 3.96. The summed E-state index contributed by atoms with van der Waals surface area (Å²) in [6.45, 7) is 1.53. The number of rotatable bonds is 3. The van der Waals surface area contributed by atoms with E-state index in [0.29, 0.717) is 0 Å². The van der Waals surface area contributed by atoms with E-state index in [2.05, 4.69) is 15.9 Å². The molecule has 70 valence electrons. The molecule has 1 aromatic carbocycles. The van der Waals surface area contributed by atoms with Crippen LogP contribution in [0.25, 0.3) is 0 Å². The maximum atomic E-state index is 11.0. The zero-order valence-electron chi connectivity index (χ0n) is 7.21. The molecular weight excluding hydrogens is 251 g/mol. The SMILES string of the molecule is CC(=O)[C@@H](Br)[C@@H](Cl)c1ccccc1. The molecule has 0 spiro atoms. The Balaban J connectivity index is 2.79. The lowest BCUT2D eigenvalue weighted by atomic mass is 10.1. The Kier molecular flexibility index (Phi) is 3.94. The molecule has 1 nitrogen and oxygen atoms in total. The highest BCUT2D eigenvalue weighted by atomic mass is 79.9. The molecule has 0 N–H and O–H groups in total. The molecule has 0 aliphatic rings. The molecule has 0 fully saturated rings. The molecule has 3 heteroatoms. The number of halogens is 2. The fraction of sp³-hybridized carbons (Fsp3) is 0.300. The van der Waals surface area contributed by atoms with E-state index < -0.39 is 0 Å². The molecular formula is C10H10BrClO. The molecule has 2 atom stereocenters. The van der Waals surface area contributed by atoms with Gasteiger partial charge in [0.15, 0.2) is 0 Å². The third-order valence-electron chi connectivity index (χ3n) is 1.76. The van der Waals surface area contributed by atoms with Crippen LogP contribution < -0.4 is 0 Å². The van der Waals surface area contributed by atoms with Gasteiger partial charge in [-0.2, -0.15) is 0 Å². The fourth-order valence-electron chi connectivity index (χ4n) is 1.01. The van der Waals surface area contributed by atoms with Gasteiger partial charge < -0.3 is 0 Å². The lowest BCUT2D eigenvalue weighted by Crippen LogP contribution is -2.15. The van der Waals surface area contributed by atoms with Gasteiger partial charge >= 0.3 is 0 Å². The van der Waals surface area contributed by atoms with Gasteiger partial charge in [0, 0.05) is 0 Å². The van der Waals surface area contributed by atoms with Crippen molar-refractivity contribution in [3.05, 3.63) is 35.9 Å². The Hall–Kier alpha value is -0.340. The Morgan fingerprint density at radius 2 is 1.92 bits per heavy atom. The van der Waals surface area contributed by atoms with Gasteiger partial charge in [-0.15, -0.1) is 11.6 Å². The summed E-state index contributed by atoms with van der Waals surface area (Å²) >= 11 is 9.35. The fourth-order valence-corrected chi connectivity index (χ4v) is 1.64. The van der Waals surface area contributed by atoms with Crippen LogP contribution in [0.3, 0.4) is 0 Å². The van der Waals surface area contributed by atoms with Crippen LogP contribution in [-0.2, 0) is 4.79 Å². The zero-order valence-corrected chi connectivity index (χ0v) is 9.55. The average molecular weight is 262 g/mol. The standard InChI is InChI=1S/C10H10BrClO/c1-7(13)9(11)10(12)8-5-3-2-4-6-8/h2-6,9-10H,1H3/t9-,10+/m1/s1. The molecule has 0 saturated heterocycles. The number of ketones is 1. The van der Waals surface area contributed by atoms with E-state index in [1.54, 1.807) is 0 Å². The number of carbonyl (C=O) groups is 1. The lowest BCUT2D eigenvalue weighted by molar-refractivity contribution is -0.116. The first kappa shape index (κ1) is 10.7. The normalized spacial score (nSPS) is 15.0. The van der Waals surface area contributed by atoms with E-state index in [4.69, 9.17) is 11.6 Å². The van der Waals surface area contributed by atoms with Crippen LogP contribution in [0.1, 0.15) is 17.9 Å². The largest absolute Gasteiger partial charge is 0.299 e. The van der Waals surface area contributed by atoms with E-state index in [1.165, 1.54) is 6.92 Å². The summed E-state index contributed by atoms with van der Waals surface area (Å²) in [5.41, 5.74) is 0.959. The van der Waals surface area contributed by atoms with Gasteiger partial charge in [0.2, 0.25) is 0 Å². The third-order valence-corrected chi connectivity index (χ3v) is 3.75. The van der Waals surface area contributed by atoms with Gasteiger partial charge in [-0.3, -0.25) is 4.79 Å². The number of hydrogen-bond acceptors (Lipinski definition) is 1. The summed E-state index contributed by atoms with van der Waals surface area (Å²) in [5.74, 6) is 0.0452. The van der Waals surface area contributed by atoms with Crippen LogP contribution in [-0.4, -0.2) is 10.6 Å². The smallest absolute Gasteiger partial charge is 0.145 e. The van der Waals surface area contributed by atoms with Crippen molar-refractivity contribution in [3.8, 4) is 0 Å². The molecule has 1 aromatic rings. The van der Waals surface area contributed by atoms with Crippen molar-refractivity contribution in [3.63, 3.8) is 0 Å². The second-order valence-electron chi connectivity index (χ2n) is 2.82. The number of carbonyl (C=O) groups excluding carboxylic acids is 1. The van der Waals surface area contributed by atoms with E-state index in [-0.39, 0.29) is 16.0 Å². The van der Waals surface area contributed by atoms with E-state index in [0.717, 1.165) is 5.56 Å². The number of hydrogen-bond donors (Lipinski definition) is 0. The molecule has 0 amide bonds. The van der Waals surface area contributed by atoms with E-state index in [9.17, 15) is 4.79 Å². The predicted octanol–water partition coefficient (Wildman–Crippen LogP) is 3.32. The predicted molar refractivity (Wildman–Crippen MR) is 58.4 cm³/mol. The Morgan fingerprint density at radius 3 is 2.38 bits per heavy atom. The minimum absolute atomic E-state index is 0.0452.